The Hall–Kier alpha value is -1.03. The third-order valence-electron chi connectivity index (χ3n) is 2.27. The molecule has 17 heavy (non-hydrogen) atoms. The van der Waals surface area contributed by atoms with E-state index in [1.54, 1.807) is 23.9 Å². The van der Waals surface area contributed by atoms with E-state index in [-0.39, 0.29) is 11.7 Å². The van der Waals surface area contributed by atoms with Gasteiger partial charge in [0.15, 0.2) is 0 Å². The van der Waals surface area contributed by atoms with E-state index in [0.717, 1.165) is 30.7 Å². The van der Waals surface area contributed by atoms with Crippen molar-refractivity contribution in [3.63, 3.8) is 0 Å². The second-order valence-corrected chi connectivity index (χ2v) is 4.81. The molecule has 0 aliphatic rings. The topological polar surface area (TPSA) is 29.1 Å². The fourth-order valence-electron chi connectivity index (χ4n) is 1.30. The van der Waals surface area contributed by atoms with Crippen molar-refractivity contribution in [3.8, 4) is 0 Å². The minimum Gasteiger partial charge on any atom is -0.355 e. The molecule has 1 rings (SSSR count). The SMILES string of the molecule is CCCCNC(=O)CSCc1ccc(F)cc1. The van der Waals surface area contributed by atoms with Crippen LogP contribution in [0.4, 0.5) is 4.39 Å². The third kappa shape index (κ3) is 6.31. The van der Waals surface area contributed by atoms with Gasteiger partial charge in [-0.15, -0.1) is 11.8 Å². The highest BCUT2D eigenvalue weighted by molar-refractivity contribution is 7.99. The van der Waals surface area contributed by atoms with Gasteiger partial charge in [0, 0.05) is 12.3 Å². The van der Waals surface area contributed by atoms with Gasteiger partial charge in [-0.25, -0.2) is 4.39 Å². The van der Waals surface area contributed by atoms with Crippen LogP contribution in [-0.2, 0) is 10.5 Å². The molecule has 4 heteroatoms. The molecular weight excluding hydrogens is 237 g/mol. The second kappa shape index (κ2) is 8.12. The third-order valence-corrected chi connectivity index (χ3v) is 3.27. The average molecular weight is 255 g/mol. The molecule has 0 bridgehead atoms. The molecule has 1 aromatic rings. The van der Waals surface area contributed by atoms with Gasteiger partial charge in [0.1, 0.15) is 5.82 Å². The van der Waals surface area contributed by atoms with E-state index in [1.807, 2.05) is 0 Å². The molecule has 1 amide bonds. The van der Waals surface area contributed by atoms with Crippen LogP contribution in [0.2, 0.25) is 0 Å². The summed E-state index contributed by atoms with van der Waals surface area (Å²) in [4.78, 5) is 11.4. The minimum absolute atomic E-state index is 0.0746. The predicted molar refractivity (Wildman–Crippen MR) is 70.5 cm³/mol. The zero-order valence-corrected chi connectivity index (χ0v) is 10.9. The quantitative estimate of drug-likeness (QED) is 0.759. The maximum atomic E-state index is 12.6. The molecule has 2 nitrogen and oxygen atoms in total. The molecule has 0 atom stereocenters. The van der Waals surface area contributed by atoms with Crippen LogP contribution in [0, 0.1) is 5.82 Å². The van der Waals surface area contributed by atoms with Crippen LogP contribution in [0.25, 0.3) is 0 Å². The number of carbonyl (C=O) groups excluding carboxylic acids is 1. The lowest BCUT2D eigenvalue weighted by molar-refractivity contribution is -0.118. The molecule has 0 fully saturated rings. The Balaban J connectivity index is 2.14. The van der Waals surface area contributed by atoms with Crippen LogP contribution in [-0.4, -0.2) is 18.2 Å². The Labute approximate surface area is 106 Å². The number of halogens is 1. The Morgan fingerprint density at radius 3 is 2.71 bits per heavy atom. The van der Waals surface area contributed by atoms with Crippen LogP contribution in [0.3, 0.4) is 0 Å². The predicted octanol–water partition coefficient (Wildman–Crippen LogP) is 2.98. The molecule has 0 aliphatic heterocycles. The highest BCUT2D eigenvalue weighted by Gasteiger charge is 2.01. The molecule has 94 valence electrons. The number of amides is 1. The zero-order chi connectivity index (χ0) is 12.5. The first-order chi connectivity index (χ1) is 8.22. The highest BCUT2D eigenvalue weighted by Crippen LogP contribution is 2.12. The summed E-state index contributed by atoms with van der Waals surface area (Å²) in [6.45, 7) is 2.85. The molecule has 0 unspecified atom stereocenters. The molecule has 0 aliphatic carbocycles. The molecule has 0 radical (unpaired) electrons. The Kier molecular flexibility index (Phi) is 6.70. The van der Waals surface area contributed by atoms with Gasteiger partial charge >= 0.3 is 0 Å². The summed E-state index contributed by atoms with van der Waals surface area (Å²) < 4.78 is 12.6. The summed E-state index contributed by atoms with van der Waals surface area (Å²) in [6, 6.07) is 6.38. The number of benzene rings is 1. The molecule has 0 saturated heterocycles. The zero-order valence-electron chi connectivity index (χ0n) is 10.0. The van der Waals surface area contributed by atoms with Gasteiger partial charge in [0.05, 0.1) is 5.75 Å². The van der Waals surface area contributed by atoms with E-state index in [1.165, 1.54) is 12.1 Å². The van der Waals surface area contributed by atoms with Crippen molar-refractivity contribution in [3.05, 3.63) is 35.6 Å². The first-order valence-electron chi connectivity index (χ1n) is 5.81. The number of carbonyl (C=O) groups is 1. The summed E-state index contributed by atoms with van der Waals surface area (Å²) in [5, 5.41) is 2.86. The minimum atomic E-state index is -0.226. The number of nitrogens with one attached hydrogen (secondary N) is 1. The largest absolute Gasteiger partial charge is 0.355 e. The van der Waals surface area contributed by atoms with Crippen molar-refractivity contribution in [2.24, 2.45) is 0 Å². The van der Waals surface area contributed by atoms with Gasteiger partial charge in [0.2, 0.25) is 5.91 Å². The summed E-state index contributed by atoms with van der Waals surface area (Å²) in [5.74, 6) is 1.05. The second-order valence-electron chi connectivity index (χ2n) is 3.82. The Morgan fingerprint density at radius 1 is 1.35 bits per heavy atom. The van der Waals surface area contributed by atoms with E-state index < -0.39 is 0 Å². The van der Waals surface area contributed by atoms with E-state index >= 15 is 0 Å². The standard InChI is InChI=1S/C13H18FNOS/c1-2-3-8-15-13(16)10-17-9-11-4-6-12(14)7-5-11/h4-7H,2-3,8-10H2,1H3,(H,15,16). The number of hydrogen-bond donors (Lipinski definition) is 1. The summed E-state index contributed by atoms with van der Waals surface area (Å²) in [7, 11) is 0. The highest BCUT2D eigenvalue weighted by atomic mass is 32.2. The van der Waals surface area contributed by atoms with E-state index in [2.05, 4.69) is 12.2 Å². The number of thioether (sulfide) groups is 1. The van der Waals surface area contributed by atoms with Crippen molar-refractivity contribution in [1.82, 2.24) is 5.32 Å². The van der Waals surface area contributed by atoms with Crippen LogP contribution in [0.1, 0.15) is 25.3 Å². The van der Waals surface area contributed by atoms with Gasteiger partial charge < -0.3 is 5.32 Å². The van der Waals surface area contributed by atoms with Crippen molar-refractivity contribution in [2.45, 2.75) is 25.5 Å². The molecule has 0 saturated carbocycles. The first kappa shape index (κ1) is 14.0. The van der Waals surface area contributed by atoms with Crippen molar-refractivity contribution >= 4 is 17.7 Å². The van der Waals surface area contributed by atoms with E-state index in [9.17, 15) is 9.18 Å². The normalized spacial score (nSPS) is 10.2. The van der Waals surface area contributed by atoms with Gasteiger partial charge in [-0.3, -0.25) is 4.79 Å². The first-order valence-corrected chi connectivity index (χ1v) is 6.96. The molecule has 0 aromatic heterocycles. The van der Waals surface area contributed by atoms with E-state index in [0.29, 0.717) is 5.75 Å². The molecule has 1 aromatic carbocycles. The maximum absolute atomic E-state index is 12.6. The maximum Gasteiger partial charge on any atom is 0.230 e. The molecule has 1 N–H and O–H groups in total. The number of rotatable bonds is 7. The van der Waals surface area contributed by atoms with Crippen LogP contribution >= 0.6 is 11.8 Å². The smallest absolute Gasteiger partial charge is 0.230 e. The fraction of sp³-hybridized carbons (Fsp3) is 0.462. The fourth-order valence-corrected chi connectivity index (χ4v) is 2.12. The van der Waals surface area contributed by atoms with Crippen LogP contribution in [0.15, 0.2) is 24.3 Å². The number of hydrogen-bond acceptors (Lipinski definition) is 2. The summed E-state index contributed by atoms with van der Waals surface area (Å²) in [6.07, 6.45) is 2.11. The van der Waals surface area contributed by atoms with Crippen molar-refractivity contribution in [1.29, 1.82) is 0 Å². The monoisotopic (exact) mass is 255 g/mol. The van der Waals surface area contributed by atoms with Crippen LogP contribution < -0.4 is 5.32 Å². The molecular formula is C13H18FNOS. The van der Waals surface area contributed by atoms with Gasteiger partial charge in [0.25, 0.3) is 0 Å². The Morgan fingerprint density at radius 2 is 2.06 bits per heavy atom. The van der Waals surface area contributed by atoms with E-state index in [4.69, 9.17) is 0 Å². The lowest BCUT2D eigenvalue weighted by Gasteiger charge is -2.04. The van der Waals surface area contributed by atoms with Gasteiger partial charge in [-0.2, -0.15) is 0 Å². The lowest BCUT2D eigenvalue weighted by Crippen LogP contribution is -2.26. The molecule has 0 heterocycles. The van der Waals surface area contributed by atoms with Gasteiger partial charge in [-0.05, 0) is 24.1 Å². The lowest BCUT2D eigenvalue weighted by atomic mass is 10.2. The van der Waals surface area contributed by atoms with Crippen molar-refractivity contribution in [2.75, 3.05) is 12.3 Å². The van der Waals surface area contributed by atoms with Crippen molar-refractivity contribution < 1.29 is 9.18 Å². The average Bonchev–Trinajstić information content (AvgIpc) is 2.32. The van der Waals surface area contributed by atoms with Gasteiger partial charge in [-0.1, -0.05) is 25.5 Å². The summed E-state index contributed by atoms with van der Waals surface area (Å²) >= 11 is 1.54. The summed E-state index contributed by atoms with van der Waals surface area (Å²) in [5.41, 5.74) is 1.04. The molecule has 0 spiro atoms. The number of unbranched alkanes of at least 4 members (excludes halogenated alkanes) is 1. The Bertz CT molecular complexity index is 340. The van der Waals surface area contributed by atoms with Crippen LogP contribution in [0.5, 0.6) is 0 Å².